The highest BCUT2D eigenvalue weighted by Gasteiger charge is 2.15. The summed E-state index contributed by atoms with van der Waals surface area (Å²) in [6.07, 6.45) is 1.34. The summed E-state index contributed by atoms with van der Waals surface area (Å²) in [5.74, 6) is 0.530. The number of para-hydroxylation sites is 1. The van der Waals surface area contributed by atoms with Crippen LogP contribution in [0, 0.1) is 0 Å². The molecule has 0 spiro atoms. The fourth-order valence-electron chi connectivity index (χ4n) is 1.62. The highest BCUT2D eigenvalue weighted by Crippen LogP contribution is 2.27. The molecule has 2 rings (SSSR count). The molecular formula is C13H13N3O3. The molecule has 0 bridgehead atoms. The first-order valence-corrected chi connectivity index (χ1v) is 5.51. The molecule has 1 heterocycles. The number of aromatic nitrogens is 2. The molecule has 19 heavy (non-hydrogen) atoms. The summed E-state index contributed by atoms with van der Waals surface area (Å²) in [5, 5.41) is 0. The third-order valence-corrected chi connectivity index (χ3v) is 2.57. The van der Waals surface area contributed by atoms with Gasteiger partial charge in [-0.1, -0.05) is 12.1 Å². The molecule has 1 aromatic heterocycles. The molecule has 98 valence electrons. The number of nitrogens with two attached hydrogens (primary N) is 1. The summed E-state index contributed by atoms with van der Waals surface area (Å²) in [6, 6.07) is 7.29. The summed E-state index contributed by atoms with van der Waals surface area (Å²) in [4.78, 5) is 19.6. The number of ether oxygens (including phenoxy) is 2. The van der Waals surface area contributed by atoms with Crippen molar-refractivity contribution in [1.29, 1.82) is 0 Å². The highest BCUT2D eigenvalue weighted by atomic mass is 16.5. The van der Waals surface area contributed by atoms with Crippen LogP contribution in [0.3, 0.4) is 0 Å². The number of esters is 1. The second-order valence-electron chi connectivity index (χ2n) is 3.68. The maximum atomic E-state index is 11.4. The van der Waals surface area contributed by atoms with Gasteiger partial charge in [-0.15, -0.1) is 0 Å². The molecule has 0 saturated heterocycles. The summed E-state index contributed by atoms with van der Waals surface area (Å²) in [6.45, 7) is 0. The molecule has 0 aliphatic rings. The van der Waals surface area contributed by atoms with E-state index in [0.29, 0.717) is 17.1 Å². The standard InChI is InChI=1S/C13H13N3O3/c1-18-10-6-4-3-5-8(10)12-15-7-9(11(14)16-12)13(17)19-2/h3-7H,1-2H3,(H2,14,15,16). The first kappa shape index (κ1) is 12.8. The van der Waals surface area contributed by atoms with Crippen molar-refractivity contribution in [3.05, 3.63) is 36.0 Å². The van der Waals surface area contributed by atoms with E-state index in [1.54, 1.807) is 13.2 Å². The Kier molecular flexibility index (Phi) is 3.61. The van der Waals surface area contributed by atoms with Crippen molar-refractivity contribution < 1.29 is 14.3 Å². The van der Waals surface area contributed by atoms with Crippen LogP contribution in [0.2, 0.25) is 0 Å². The number of carbonyl (C=O) groups excluding carboxylic acids is 1. The number of anilines is 1. The number of benzene rings is 1. The molecule has 0 atom stereocenters. The topological polar surface area (TPSA) is 87.3 Å². The van der Waals surface area contributed by atoms with Gasteiger partial charge in [-0.25, -0.2) is 14.8 Å². The molecule has 2 aromatic rings. The molecule has 0 amide bonds. The van der Waals surface area contributed by atoms with Gasteiger partial charge in [-0.05, 0) is 12.1 Å². The smallest absolute Gasteiger partial charge is 0.343 e. The Morgan fingerprint density at radius 3 is 2.63 bits per heavy atom. The summed E-state index contributed by atoms with van der Waals surface area (Å²) in [5.41, 5.74) is 6.58. The van der Waals surface area contributed by atoms with Gasteiger partial charge in [0.1, 0.15) is 17.1 Å². The van der Waals surface area contributed by atoms with Crippen LogP contribution in [0.5, 0.6) is 5.75 Å². The van der Waals surface area contributed by atoms with Crippen molar-refractivity contribution in [2.24, 2.45) is 0 Å². The monoisotopic (exact) mass is 259 g/mol. The number of carbonyl (C=O) groups is 1. The second kappa shape index (κ2) is 5.34. The number of rotatable bonds is 3. The normalized spacial score (nSPS) is 10.0. The predicted octanol–water partition coefficient (Wildman–Crippen LogP) is 1.52. The van der Waals surface area contributed by atoms with Gasteiger partial charge >= 0.3 is 5.97 Å². The predicted molar refractivity (Wildman–Crippen MR) is 69.8 cm³/mol. The van der Waals surface area contributed by atoms with E-state index in [1.807, 2.05) is 18.2 Å². The Morgan fingerprint density at radius 2 is 2.00 bits per heavy atom. The first-order chi connectivity index (χ1) is 9.17. The van der Waals surface area contributed by atoms with Crippen LogP contribution in [0.1, 0.15) is 10.4 Å². The lowest BCUT2D eigenvalue weighted by atomic mass is 10.2. The lowest BCUT2D eigenvalue weighted by Crippen LogP contribution is -2.09. The van der Waals surface area contributed by atoms with E-state index in [4.69, 9.17) is 10.5 Å². The summed E-state index contributed by atoms with van der Waals surface area (Å²) < 4.78 is 9.81. The fourth-order valence-corrected chi connectivity index (χ4v) is 1.62. The van der Waals surface area contributed by atoms with Crippen molar-refractivity contribution in [3.63, 3.8) is 0 Å². The van der Waals surface area contributed by atoms with Crippen molar-refractivity contribution in [2.75, 3.05) is 20.0 Å². The SMILES string of the molecule is COC(=O)c1cnc(-c2ccccc2OC)nc1N. The van der Waals surface area contributed by atoms with Crippen molar-refractivity contribution in [3.8, 4) is 17.1 Å². The van der Waals surface area contributed by atoms with Crippen LogP contribution in [0.15, 0.2) is 30.5 Å². The number of hydrogen-bond acceptors (Lipinski definition) is 6. The molecule has 6 nitrogen and oxygen atoms in total. The van der Waals surface area contributed by atoms with E-state index in [0.717, 1.165) is 0 Å². The van der Waals surface area contributed by atoms with Gasteiger partial charge < -0.3 is 15.2 Å². The van der Waals surface area contributed by atoms with Gasteiger partial charge in [-0.2, -0.15) is 0 Å². The van der Waals surface area contributed by atoms with E-state index in [1.165, 1.54) is 13.3 Å². The van der Waals surface area contributed by atoms with Crippen LogP contribution in [-0.4, -0.2) is 30.2 Å². The minimum atomic E-state index is -0.566. The molecule has 0 saturated carbocycles. The molecule has 0 aliphatic carbocycles. The van der Waals surface area contributed by atoms with E-state index in [9.17, 15) is 4.79 Å². The number of nitrogens with zero attached hydrogens (tertiary/aromatic N) is 2. The van der Waals surface area contributed by atoms with Crippen LogP contribution >= 0.6 is 0 Å². The van der Waals surface area contributed by atoms with Crippen LogP contribution in [0.25, 0.3) is 11.4 Å². The average molecular weight is 259 g/mol. The van der Waals surface area contributed by atoms with Crippen LogP contribution in [-0.2, 0) is 4.74 Å². The molecule has 0 radical (unpaired) electrons. The third kappa shape index (κ3) is 2.47. The Hall–Kier alpha value is -2.63. The number of nitrogen functional groups attached to an aromatic ring is 1. The van der Waals surface area contributed by atoms with Crippen molar-refractivity contribution in [2.45, 2.75) is 0 Å². The average Bonchev–Trinajstić information content (AvgIpc) is 2.46. The largest absolute Gasteiger partial charge is 0.496 e. The molecule has 1 aromatic carbocycles. The first-order valence-electron chi connectivity index (χ1n) is 5.51. The van der Waals surface area contributed by atoms with Crippen molar-refractivity contribution >= 4 is 11.8 Å². The second-order valence-corrected chi connectivity index (χ2v) is 3.68. The lowest BCUT2D eigenvalue weighted by molar-refractivity contribution is 0.0601. The Labute approximate surface area is 110 Å². The fraction of sp³-hybridized carbons (Fsp3) is 0.154. The molecule has 2 N–H and O–H groups in total. The minimum Gasteiger partial charge on any atom is -0.496 e. The summed E-state index contributed by atoms with van der Waals surface area (Å²) in [7, 11) is 2.83. The van der Waals surface area contributed by atoms with Gasteiger partial charge in [-0.3, -0.25) is 0 Å². The molecular weight excluding hydrogens is 246 g/mol. The van der Waals surface area contributed by atoms with Crippen LogP contribution in [0.4, 0.5) is 5.82 Å². The Morgan fingerprint density at radius 1 is 1.26 bits per heavy atom. The lowest BCUT2D eigenvalue weighted by Gasteiger charge is -2.08. The summed E-state index contributed by atoms with van der Waals surface area (Å²) >= 11 is 0. The van der Waals surface area contributed by atoms with E-state index < -0.39 is 5.97 Å². The zero-order chi connectivity index (χ0) is 13.8. The zero-order valence-electron chi connectivity index (χ0n) is 10.6. The highest BCUT2D eigenvalue weighted by molar-refractivity contribution is 5.94. The van der Waals surface area contributed by atoms with Gasteiger partial charge in [0.2, 0.25) is 0 Å². The van der Waals surface area contributed by atoms with E-state index in [-0.39, 0.29) is 11.4 Å². The molecule has 0 unspecified atom stereocenters. The quantitative estimate of drug-likeness (QED) is 0.841. The van der Waals surface area contributed by atoms with Gasteiger partial charge in [0.15, 0.2) is 5.82 Å². The van der Waals surface area contributed by atoms with Crippen molar-refractivity contribution in [1.82, 2.24) is 9.97 Å². The minimum absolute atomic E-state index is 0.0720. The number of hydrogen-bond donors (Lipinski definition) is 1. The zero-order valence-corrected chi connectivity index (χ0v) is 10.6. The van der Waals surface area contributed by atoms with Gasteiger partial charge in [0, 0.05) is 6.20 Å². The van der Waals surface area contributed by atoms with Gasteiger partial charge in [0.05, 0.1) is 19.8 Å². The van der Waals surface area contributed by atoms with E-state index in [2.05, 4.69) is 14.7 Å². The molecule has 6 heteroatoms. The number of methoxy groups -OCH3 is 2. The Bertz CT molecular complexity index is 614. The maximum Gasteiger partial charge on any atom is 0.343 e. The van der Waals surface area contributed by atoms with Crippen LogP contribution < -0.4 is 10.5 Å². The third-order valence-electron chi connectivity index (χ3n) is 2.57. The van der Waals surface area contributed by atoms with Gasteiger partial charge in [0.25, 0.3) is 0 Å². The maximum absolute atomic E-state index is 11.4. The Balaban J connectivity index is 2.47. The molecule has 0 fully saturated rings. The van der Waals surface area contributed by atoms with E-state index >= 15 is 0 Å². The molecule has 0 aliphatic heterocycles.